The van der Waals surface area contributed by atoms with Crippen LogP contribution in [0, 0.1) is 5.82 Å². The second kappa shape index (κ2) is 8.95. The Bertz CT molecular complexity index is 1700. The summed E-state index contributed by atoms with van der Waals surface area (Å²) in [5.74, 6) is -1.33. The Morgan fingerprint density at radius 3 is 2.67 bits per heavy atom. The zero-order chi connectivity index (χ0) is 25.4. The highest BCUT2D eigenvalue weighted by Crippen LogP contribution is 2.30. The van der Waals surface area contributed by atoms with E-state index in [2.05, 4.69) is 20.7 Å². The summed E-state index contributed by atoms with van der Waals surface area (Å²) in [4.78, 5) is 42.2. The molecule has 0 aliphatic heterocycles. The highest BCUT2D eigenvalue weighted by molar-refractivity contribution is 6.06. The van der Waals surface area contributed by atoms with Gasteiger partial charge < -0.3 is 14.8 Å². The van der Waals surface area contributed by atoms with E-state index in [0.29, 0.717) is 5.56 Å². The lowest BCUT2D eigenvalue weighted by Crippen LogP contribution is -2.29. The van der Waals surface area contributed by atoms with E-state index in [4.69, 9.17) is 4.42 Å². The standard InChI is InChI=1S/C25H18FN5O5/c1-13(28-24(33)19-22(29-25(34)35)30-31-11-5-10-27-23(19)31)21-18(14-6-3-2-4-7-14)20(32)16-12-15(26)8-9-17(16)36-21/h2-13H,1H3,(H,28,33)(H,29,30)(H,34,35). The van der Waals surface area contributed by atoms with Gasteiger partial charge in [0.25, 0.3) is 5.91 Å². The third-order valence-electron chi connectivity index (χ3n) is 5.53. The number of nitrogens with zero attached hydrogens (tertiary/aromatic N) is 3. The van der Waals surface area contributed by atoms with E-state index in [1.54, 1.807) is 43.3 Å². The fraction of sp³-hybridized carbons (Fsp3) is 0.0800. The van der Waals surface area contributed by atoms with Crippen LogP contribution in [0.5, 0.6) is 0 Å². The molecule has 0 saturated heterocycles. The highest BCUT2D eigenvalue weighted by atomic mass is 19.1. The molecule has 1 atom stereocenters. The molecule has 0 bridgehead atoms. The Hall–Kier alpha value is -5.06. The van der Waals surface area contributed by atoms with Crippen LogP contribution in [0.15, 0.2) is 76.2 Å². The van der Waals surface area contributed by atoms with Crippen LogP contribution in [0.25, 0.3) is 27.7 Å². The van der Waals surface area contributed by atoms with E-state index in [9.17, 15) is 23.9 Å². The normalized spacial score (nSPS) is 11.9. The summed E-state index contributed by atoms with van der Waals surface area (Å²) in [6, 6.07) is 13.0. The van der Waals surface area contributed by atoms with E-state index in [0.717, 1.165) is 6.07 Å². The minimum atomic E-state index is -1.40. The number of aromatic nitrogens is 3. The summed E-state index contributed by atoms with van der Waals surface area (Å²) in [7, 11) is 0. The van der Waals surface area contributed by atoms with Crippen LogP contribution in [0.4, 0.5) is 15.0 Å². The van der Waals surface area contributed by atoms with Gasteiger partial charge in [-0.1, -0.05) is 30.3 Å². The lowest BCUT2D eigenvalue weighted by atomic mass is 9.99. The molecule has 0 saturated carbocycles. The molecule has 0 aliphatic rings. The van der Waals surface area contributed by atoms with Gasteiger partial charge in [0.2, 0.25) is 5.43 Å². The molecule has 10 nitrogen and oxygen atoms in total. The van der Waals surface area contributed by atoms with Crippen LogP contribution < -0.4 is 16.1 Å². The Morgan fingerprint density at radius 2 is 1.92 bits per heavy atom. The van der Waals surface area contributed by atoms with Crippen molar-refractivity contribution in [2.75, 3.05) is 5.32 Å². The van der Waals surface area contributed by atoms with Crippen molar-refractivity contribution in [3.63, 3.8) is 0 Å². The van der Waals surface area contributed by atoms with Crippen molar-refractivity contribution in [2.24, 2.45) is 0 Å². The van der Waals surface area contributed by atoms with E-state index in [1.807, 2.05) is 0 Å². The minimum Gasteiger partial charge on any atom is -0.465 e. The Morgan fingerprint density at radius 1 is 1.14 bits per heavy atom. The number of carbonyl (C=O) groups excluding carboxylic acids is 1. The Kier molecular flexibility index (Phi) is 5.65. The molecule has 5 aromatic rings. The largest absolute Gasteiger partial charge is 0.465 e. The summed E-state index contributed by atoms with van der Waals surface area (Å²) in [6.45, 7) is 1.61. The van der Waals surface area contributed by atoms with Crippen molar-refractivity contribution in [2.45, 2.75) is 13.0 Å². The fourth-order valence-corrected chi connectivity index (χ4v) is 3.99. The van der Waals surface area contributed by atoms with Crippen molar-refractivity contribution in [1.29, 1.82) is 0 Å². The van der Waals surface area contributed by atoms with E-state index < -0.39 is 29.3 Å². The first kappa shape index (κ1) is 22.7. The van der Waals surface area contributed by atoms with Gasteiger partial charge in [-0.2, -0.15) is 0 Å². The minimum absolute atomic E-state index is 0.0657. The topological polar surface area (TPSA) is 139 Å². The quantitative estimate of drug-likeness (QED) is 0.337. The summed E-state index contributed by atoms with van der Waals surface area (Å²) >= 11 is 0. The van der Waals surface area contributed by atoms with E-state index in [-0.39, 0.29) is 39.3 Å². The summed E-state index contributed by atoms with van der Waals surface area (Å²) in [5.41, 5.74) is 0.427. The molecule has 0 fully saturated rings. The Labute approximate surface area is 202 Å². The zero-order valence-electron chi connectivity index (χ0n) is 18.7. The number of carbonyl (C=O) groups is 2. The molecule has 180 valence electrons. The van der Waals surface area contributed by atoms with Gasteiger partial charge >= 0.3 is 6.09 Å². The molecule has 0 radical (unpaired) electrons. The molecule has 3 N–H and O–H groups in total. The second-order valence-corrected chi connectivity index (χ2v) is 7.91. The average Bonchev–Trinajstić information content (AvgIpc) is 3.22. The molecule has 0 spiro atoms. The number of rotatable bonds is 5. The first-order chi connectivity index (χ1) is 17.3. The van der Waals surface area contributed by atoms with Crippen molar-refractivity contribution < 1.29 is 23.5 Å². The first-order valence-corrected chi connectivity index (χ1v) is 10.8. The van der Waals surface area contributed by atoms with Crippen LogP contribution >= 0.6 is 0 Å². The summed E-state index contributed by atoms with van der Waals surface area (Å²) in [6.07, 6.45) is 1.56. The third kappa shape index (κ3) is 4.02. The Balaban J connectivity index is 1.62. The van der Waals surface area contributed by atoms with Gasteiger partial charge in [-0.25, -0.2) is 18.7 Å². The molecule has 11 heteroatoms. The third-order valence-corrected chi connectivity index (χ3v) is 5.53. The van der Waals surface area contributed by atoms with Gasteiger partial charge in [0, 0.05) is 12.4 Å². The lowest BCUT2D eigenvalue weighted by molar-refractivity contribution is 0.0938. The molecule has 2 amide bonds. The zero-order valence-corrected chi connectivity index (χ0v) is 18.7. The number of carboxylic acid groups (broad SMARTS) is 1. The highest BCUT2D eigenvalue weighted by Gasteiger charge is 2.27. The smallest absolute Gasteiger partial charge is 0.410 e. The molecule has 3 aromatic heterocycles. The van der Waals surface area contributed by atoms with Crippen LogP contribution in [0.3, 0.4) is 0 Å². The molecule has 36 heavy (non-hydrogen) atoms. The maximum atomic E-state index is 13.9. The predicted octanol–water partition coefficient (Wildman–Crippen LogP) is 4.22. The van der Waals surface area contributed by atoms with Crippen molar-refractivity contribution >= 4 is 34.4 Å². The van der Waals surface area contributed by atoms with Crippen molar-refractivity contribution in [1.82, 2.24) is 19.9 Å². The number of anilines is 1. The number of hydrogen-bond donors (Lipinski definition) is 3. The van der Waals surface area contributed by atoms with Gasteiger partial charge in [0.05, 0.1) is 17.0 Å². The van der Waals surface area contributed by atoms with Gasteiger partial charge in [0.1, 0.15) is 22.7 Å². The number of amides is 2. The summed E-state index contributed by atoms with van der Waals surface area (Å²) in [5, 5.41) is 18.2. The number of fused-ring (bicyclic) bond motifs is 2. The molecule has 0 aliphatic carbocycles. The molecule has 1 unspecified atom stereocenters. The van der Waals surface area contributed by atoms with Crippen LogP contribution in [-0.2, 0) is 0 Å². The van der Waals surface area contributed by atoms with Crippen LogP contribution in [0.2, 0.25) is 0 Å². The number of hydrogen-bond acceptors (Lipinski definition) is 6. The molecular weight excluding hydrogens is 469 g/mol. The maximum Gasteiger partial charge on any atom is 0.410 e. The fourth-order valence-electron chi connectivity index (χ4n) is 3.99. The van der Waals surface area contributed by atoms with E-state index >= 15 is 0 Å². The van der Waals surface area contributed by atoms with Crippen LogP contribution in [0.1, 0.15) is 29.1 Å². The molecule has 2 aromatic carbocycles. The lowest BCUT2D eigenvalue weighted by Gasteiger charge is -2.17. The first-order valence-electron chi connectivity index (χ1n) is 10.8. The van der Waals surface area contributed by atoms with Crippen LogP contribution in [-0.4, -0.2) is 31.7 Å². The summed E-state index contributed by atoms with van der Waals surface area (Å²) < 4.78 is 21.2. The monoisotopic (exact) mass is 487 g/mol. The van der Waals surface area contributed by atoms with Gasteiger partial charge in [-0.05, 0) is 36.8 Å². The second-order valence-electron chi connectivity index (χ2n) is 7.91. The van der Waals surface area contributed by atoms with Crippen molar-refractivity contribution in [3.05, 3.63) is 94.4 Å². The maximum absolute atomic E-state index is 13.9. The van der Waals surface area contributed by atoms with Gasteiger partial charge in [-0.15, -0.1) is 5.10 Å². The predicted molar refractivity (Wildman–Crippen MR) is 128 cm³/mol. The number of benzene rings is 2. The van der Waals surface area contributed by atoms with Gasteiger partial charge in [-0.3, -0.25) is 14.9 Å². The van der Waals surface area contributed by atoms with Gasteiger partial charge in [0.15, 0.2) is 11.5 Å². The SMILES string of the molecule is CC(NC(=O)c1c(NC(=O)O)nn2cccnc12)c1oc2ccc(F)cc2c(=O)c1-c1ccccc1. The number of halogens is 1. The number of nitrogens with one attached hydrogen (secondary N) is 2. The molecule has 5 rings (SSSR count). The van der Waals surface area contributed by atoms with Crippen molar-refractivity contribution in [3.8, 4) is 11.1 Å². The molecule has 3 heterocycles. The van der Waals surface area contributed by atoms with E-state index in [1.165, 1.54) is 29.0 Å². The molecular formula is C25H18FN5O5. The average molecular weight is 487 g/mol.